The van der Waals surface area contributed by atoms with E-state index >= 15 is 0 Å². The zero-order chi connectivity index (χ0) is 13.7. The lowest BCUT2D eigenvalue weighted by Crippen LogP contribution is -2.13. The van der Waals surface area contributed by atoms with Crippen molar-refractivity contribution in [3.8, 4) is 11.8 Å². The van der Waals surface area contributed by atoms with Crippen LogP contribution >= 0.6 is 0 Å². The number of hydrogen-bond acceptors (Lipinski definition) is 3. The van der Waals surface area contributed by atoms with Crippen LogP contribution < -0.4 is 5.32 Å². The van der Waals surface area contributed by atoms with Gasteiger partial charge in [-0.25, -0.2) is 0 Å². The lowest BCUT2D eigenvalue weighted by Gasteiger charge is -2.06. The first-order chi connectivity index (χ1) is 9.20. The van der Waals surface area contributed by atoms with E-state index in [4.69, 9.17) is 5.11 Å². The van der Waals surface area contributed by atoms with Crippen molar-refractivity contribution in [2.45, 2.75) is 6.92 Å². The first-order valence-electron chi connectivity index (χ1n) is 5.71. The van der Waals surface area contributed by atoms with Gasteiger partial charge in [-0.1, -0.05) is 23.5 Å². The molecule has 5 heteroatoms. The molecule has 0 saturated carbocycles. The van der Waals surface area contributed by atoms with Crippen LogP contribution in [0.5, 0.6) is 0 Å². The van der Waals surface area contributed by atoms with Gasteiger partial charge in [-0.15, -0.1) is 0 Å². The molecule has 1 aromatic carbocycles. The zero-order valence-electron chi connectivity index (χ0n) is 10.4. The average Bonchev–Trinajstić information content (AvgIpc) is 2.90. The number of aromatic nitrogens is 2. The summed E-state index contributed by atoms with van der Waals surface area (Å²) in [6.45, 7) is 1.66. The van der Waals surface area contributed by atoms with Crippen LogP contribution in [-0.2, 0) is 0 Å². The highest BCUT2D eigenvalue weighted by Crippen LogP contribution is 2.13. The van der Waals surface area contributed by atoms with Gasteiger partial charge in [0.25, 0.3) is 5.91 Å². The third-order valence-electron chi connectivity index (χ3n) is 2.48. The van der Waals surface area contributed by atoms with Gasteiger partial charge in [0.05, 0.1) is 17.4 Å². The van der Waals surface area contributed by atoms with Crippen molar-refractivity contribution in [2.24, 2.45) is 0 Å². The maximum Gasteiger partial charge on any atom is 0.257 e. The van der Waals surface area contributed by atoms with Crippen molar-refractivity contribution in [1.29, 1.82) is 0 Å². The van der Waals surface area contributed by atoms with Gasteiger partial charge in [0.1, 0.15) is 6.61 Å². The number of aliphatic hydroxyl groups excluding tert-OH is 1. The van der Waals surface area contributed by atoms with Gasteiger partial charge in [-0.05, 0) is 19.1 Å². The Labute approximate surface area is 110 Å². The van der Waals surface area contributed by atoms with Gasteiger partial charge in [-0.2, -0.15) is 5.10 Å². The fourth-order valence-corrected chi connectivity index (χ4v) is 1.61. The molecule has 5 nitrogen and oxygen atoms in total. The van der Waals surface area contributed by atoms with E-state index in [0.29, 0.717) is 16.8 Å². The standard InChI is InChI=1S/C14H13N3O2/c1-10-4-5-11(3-2-6-18)13(7-10)14(19)17-12-8-15-16-9-12/h4-5,7-9,18H,6H2,1H3,(H,15,16)(H,17,19). The number of aryl methyl sites for hydroxylation is 1. The van der Waals surface area contributed by atoms with E-state index in [1.54, 1.807) is 18.3 Å². The lowest BCUT2D eigenvalue weighted by molar-refractivity contribution is 0.102. The molecule has 19 heavy (non-hydrogen) atoms. The van der Waals surface area contributed by atoms with Crippen LogP contribution in [0.4, 0.5) is 5.69 Å². The largest absolute Gasteiger partial charge is 0.384 e. The Balaban J connectivity index is 2.31. The molecule has 0 bridgehead atoms. The summed E-state index contributed by atoms with van der Waals surface area (Å²) in [5.41, 5.74) is 2.61. The molecular formula is C14H13N3O2. The normalized spacial score (nSPS) is 9.58. The maximum atomic E-state index is 12.2. The number of benzene rings is 1. The molecule has 0 unspecified atom stereocenters. The third kappa shape index (κ3) is 3.21. The van der Waals surface area contributed by atoms with Crippen LogP contribution in [0.25, 0.3) is 0 Å². The Kier molecular flexibility index (Phi) is 3.96. The molecule has 0 aliphatic rings. The van der Waals surface area contributed by atoms with Crippen LogP contribution in [0.1, 0.15) is 21.5 Å². The molecule has 96 valence electrons. The molecule has 0 fully saturated rings. The van der Waals surface area contributed by atoms with E-state index in [0.717, 1.165) is 5.56 Å². The van der Waals surface area contributed by atoms with Gasteiger partial charge in [0.2, 0.25) is 0 Å². The molecule has 2 rings (SSSR count). The summed E-state index contributed by atoms with van der Waals surface area (Å²) in [5, 5.41) is 17.8. The summed E-state index contributed by atoms with van der Waals surface area (Å²) in [5.74, 6) is 5.05. The summed E-state index contributed by atoms with van der Waals surface area (Å²) in [6, 6.07) is 5.40. The van der Waals surface area contributed by atoms with Crippen molar-refractivity contribution < 1.29 is 9.90 Å². The van der Waals surface area contributed by atoms with Crippen molar-refractivity contribution >= 4 is 11.6 Å². The van der Waals surface area contributed by atoms with Gasteiger partial charge in [0, 0.05) is 11.8 Å². The van der Waals surface area contributed by atoms with Gasteiger partial charge < -0.3 is 10.4 Å². The summed E-state index contributed by atoms with van der Waals surface area (Å²) in [6.07, 6.45) is 3.11. The van der Waals surface area contributed by atoms with Crippen LogP contribution in [-0.4, -0.2) is 27.8 Å². The number of amides is 1. The molecule has 0 atom stereocenters. The van der Waals surface area contributed by atoms with Crippen molar-refractivity contribution in [3.05, 3.63) is 47.3 Å². The minimum absolute atomic E-state index is 0.239. The highest BCUT2D eigenvalue weighted by molar-refractivity contribution is 6.06. The number of rotatable bonds is 2. The van der Waals surface area contributed by atoms with E-state index in [1.807, 2.05) is 13.0 Å². The highest BCUT2D eigenvalue weighted by atomic mass is 16.2. The monoisotopic (exact) mass is 255 g/mol. The quantitative estimate of drug-likeness (QED) is 0.708. The molecule has 0 aliphatic carbocycles. The minimum atomic E-state index is -0.257. The number of aromatic amines is 1. The Morgan fingerprint density at radius 3 is 3.05 bits per heavy atom. The van der Waals surface area contributed by atoms with Crippen LogP contribution in [0.3, 0.4) is 0 Å². The van der Waals surface area contributed by atoms with Crippen molar-refractivity contribution in [3.63, 3.8) is 0 Å². The van der Waals surface area contributed by atoms with Crippen LogP contribution in [0, 0.1) is 18.8 Å². The van der Waals surface area contributed by atoms with E-state index in [1.165, 1.54) is 6.20 Å². The Hall–Kier alpha value is -2.58. The molecule has 1 aromatic heterocycles. The fraction of sp³-hybridized carbons (Fsp3) is 0.143. The van der Waals surface area contributed by atoms with E-state index in [2.05, 4.69) is 27.4 Å². The van der Waals surface area contributed by atoms with Crippen molar-refractivity contribution in [2.75, 3.05) is 11.9 Å². The van der Waals surface area contributed by atoms with Crippen LogP contribution in [0.15, 0.2) is 30.6 Å². The predicted octanol–water partition coefficient (Wildman–Crippen LogP) is 1.31. The second-order valence-corrected chi connectivity index (χ2v) is 3.95. The van der Waals surface area contributed by atoms with Gasteiger partial charge >= 0.3 is 0 Å². The Morgan fingerprint density at radius 2 is 2.37 bits per heavy atom. The number of hydrogen-bond donors (Lipinski definition) is 3. The highest BCUT2D eigenvalue weighted by Gasteiger charge is 2.11. The maximum absolute atomic E-state index is 12.2. The summed E-state index contributed by atoms with van der Waals surface area (Å²) < 4.78 is 0. The molecule has 0 radical (unpaired) electrons. The third-order valence-corrected chi connectivity index (χ3v) is 2.48. The Bertz CT molecular complexity index is 636. The second-order valence-electron chi connectivity index (χ2n) is 3.95. The molecule has 0 aliphatic heterocycles. The number of nitrogens with zero attached hydrogens (tertiary/aromatic N) is 1. The van der Waals surface area contributed by atoms with E-state index in [9.17, 15) is 4.79 Å². The Morgan fingerprint density at radius 1 is 1.53 bits per heavy atom. The summed E-state index contributed by atoms with van der Waals surface area (Å²) in [4.78, 5) is 12.2. The van der Waals surface area contributed by atoms with E-state index < -0.39 is 0 Å². The number of anilines is 1. The predicted molar refractivity (Wildman–Crippen MR) is 71.7 cm³/mol. The van der Waals surface area contributed by atoms with E-state index in [-0.39, 0.29) is 12.5 Å². The van der Waals surface area contributed by atoms with Gasteiger partial charge in [0.15, 0.2) is 0 Å². The number of aliphatic hydroxyl groups is 1. The van der Waals surface area contributed by atoms with Gasteiger partial charge in [-0.3, -0.25) is 9.89 Å². The lowest BCUT2D eigenvalue weighted by atomic mass is 10.0. The number of H-pyrrole nitrogens is 1. The molecule has 0 spiro atoms. The smallest absolute Gasteiger partial charge is 0.257 e. The van der Waals surface area contributed by atoms with Crippen LogP contribution in [0.2, 0.25) is 0 Å². The van der Waals surface area contributed by atoms with Crippen molar-refractivity contribution in [1.82, 2.24) is 10.2 Å². The molecule has 1 amide bonds. The summed E-state index contributed by atoms with van der Waals surface area (Å²) in [7, 11) is 0. The number of nitrogens with one attached hydrogen (secondary N) is 2. The summed E-state index contributed by atoms with van der Waals surface area (Å²) >= 11 is 0. The molecule has 1 heterocycles. The number of carbonyl (C=O) groups excluding carboxylic acids is 1. The molecular weight excluding hydrogens is 242 g/mol. The zero-order valence-corrected chi connectivity index (χ0v) is 10.4. The minimum Gasteiger partial charge on any atom is -0.384 e. The molecule has 0 saturated heterocycles. The SMILES string of the molecule is Cc1ccc(C#CCO)c(C(=O)Nc2cn[nH]c2)c1. The molecule has 2 aromatic rings. The second kappa shape index (κ2) is 5.85. The number of carbonyl (C=O) groups is 1. The first-order valence-corrected chi connectivity index (χ1v) is 5.71. The topological polar surface area (TPSA) is 78.0 Å². The average molecular weight is 255 g/mol. The molecule has 3 N–H and O–H groups in total. The first kappa shape index (κ1) is 12.9. The fourth-order valence-electron chi connectivity index (χ4n) is 1.61.